The van der Waals surface area contributed by atoms with E-state index in [0.29, 0.717) is 0 Å². The van der Waals surface area contributed by atoms with Crippen LogP contribution in [0.2, 0.25) is 0 Å². The van der Waals surface area contributed by atoms with Gasteiger partial charge in [0.1, 0.15) is 5.75 Å². The third-order valence-electron chi connectivity index (χ3n) is 3.29. The SMILES string of the molecule is COc1ccc2c(c1)/C(=C/C(=O)O)c1ccccc1-2. The fraction of sp³-hybridized carbons (Fsp3) is 0.0625. The Morgan fingerprint density at radius 1 is 1.05 bits per heavy atom. The molecule has 1 aliphatic rings. The summed E-state index contributed by atoms with van der Waals surface area (Å²) < 4.78 is 5.22. The summed E-state index contributed by atoms with van der Waals surface area (Å²) in [7, 11) is 1.60. The van der Waals surface area contributed by atoms with E-state index in [0.717, 1.165) is 33.6 Å². The first-order valence-electron chi connectivity index (χ1n) is 5.93. The maximum Gasteiger partial charge on any atom is 0.328 e. The highest BCUT2D eigenvalue weighted by Gasteiger charge is 2.24. The Labute approximate surface area is 110 Å². The summed E-state index contributed by atoms with van der Waals surface area (Å²) in [6.45, 7) is 0. The Kier molecular flexibility index (Phi) is 2.60. The topological polar surface area (TPSA) is 46.5 Å². The van der Waals surface area contributed by atoms with E-state index < -0.39 is 5.97 Å². The Balaban J connectivity index is 2.30. The highest BCUT2D eigenvalue weighted by Crippen LogP contribution is 2.45. The van der Waals surface area contributed by atoms with Crippen LogP contribution in [0.15, 0.2) is 48.5 Å². The molecule has 0 radical (unpaired) electrons. The summed E-state index contributed by atoms with van der Waals surface area (Å²) in [6.07, 6.45) is 1.25. The summed E-state index contributed by atoms with van der Waals surface area (Å²) in [5.74, 6) is -0.219. The van der Waals surface area contributed by atoms with Crippen LogP contribution in [0.1, 0.15) is 11.1 Å². The zero-order chi connectivity index (χ0) is 13.4. The fourth-order valence-corrected chi connectivity index (χ4v) is 2.48. The van der Waals surface area contributed by atoms with Crippen LogP contribution in [0.25, 0.3) is 16.7 Å². The molecule has 0 aliphatic heterocycles. The minimum Gasteiger partial charge on any atom is -0.497 e. The number of carboxylic acid groups (broad SMARTS) is 1. The van der Waals surface area contributed by atoms with Crippen LogP contribution in [-0.2, 0) is 4.79 Å². The van der Waals surface area contributed by atoms with E-state index in [-0.39, 0.29) is 0 Å². The van der Waals surface area contributed by atoms with E-state index in [1.54, 1.807) is 7.11 Å². The van der Waals surface area contributed by atoms with Crippen LogP contribution in [0.3, 0.4) is 0 Å². The summed E-state index contributed by atoms with van der Waals surface area (Å²) in [6, 6.07) is 13.5. The van der Waals surface area contributed by atoms with Crippen molar-refractivity contribution in [3.05, 3.63) is 59.7 Å². The Hall–Kier alpha value is -2.55. The van der Waals surface area contributed by atoms with Crippen LogP contribution >= 0.6 is 0 Å². The van der Waals surface area contributed by atoms with Gasteiger partial charge in [-0.2, -0.15) is 0 Å². The average molecular weight is 252 g/mol. The van der Waals surface area contributed by atoms with E-state index >= 15 is 0 Å². The van der Waals surface area contributed by atoms with Crippen LogP contribution in [0, 0.1) is 0 Å². The molecule has 1 N–H and O–H groups in total. The number of hydrogen-bond donors (Lipinski definition) is 1. The van der Waals surface area contributed by atoms with E-state index in [1.807, 2.05) is 42.5 Å². The average Bonchev–Trinajstić information content (AvgIpc) is 2.72. The molecule has 0 saturated carbocycles. The molecule has 0 aromatic heterocycles. The summed E-state index contributed by atoms with van der Waals surface area (Å²) in [5, 5.41) is 9.04. The lowest BCUT2D eigenvalue weighted by atomic mass is 10.0. The van der Waals surface area contributed by atoms with Gasteiger partial charge in [-0.3, -0.25) is 0 Å². The van der Waals surface area contributed by atoms with Gasteiger partial charge in [-0.05, 0) is 40.0 Å². The summed E-state index contributed by atoms with van der Waals surface area (Å²) >= 11 is 0. The van der Waals surface area contributed by atoms with Gasteiger partial charge in [0, 0.05) is 6.08 Å². The van der Waals surface area contributed by atoms with Crippen molar-refractivity contribution in [3.63, 3.8) is 0 Å². The van der Waals surface area contributed by atoms with Gasteiger partial charge in [0.2, 0.25) is 0 Å². The molecule has 2 aromatic rings. The Morgan fingerprint density at radius 3 is 2.42 bits per heavy atom. The number of ether oxygens (including phenoxy) is 1. The van der Waals surface area contributed by atoms with Crippen LogP contribution < -0.4 is 4.74 Å². The Bertz CT molecular complexity index is 699. The second-order valence-corrected chi connectivity index (χ2v) is 4.35. The Morgan fingerprint density at radius 2 is 1.74 bits per heavy atom. The third kappa shape index (κ3) is 1.80. The van der Waals surface area contributed by atoms with Crippen molar-refractivity contribution in [3.8, 4) is 16.9 Å². The molecule has 0 atom stereocenters. The fourth-order valence-electron chi connectivity index (χ4n) is 2.48. The van der Waals surface area contributed by atoms with Crippen LogP contribution in [0.4, 0.5) is 0 Å². The molecule has 3 nitrogen and oxygen atoms in total. The summed E-state index contributed by atoms with van der Waals surface area (Å²) in [4.78, 5) is 11.0. The highest BCUT2D eigenvalue weighted by atomic mass is 16.5. The molecule has 1 aliphatic carbocycles. The number of benzene rings is 2. The lowest BCUT2D eigenvalue weighted by Crippen LogP contribution is -1.92. The number of rotatable bonds is 2. The molecule has 0 saturated heterocycles. The maximum absolute atomic E-state index is 11.0. The van der Waals surface area contributed by atoms with Gasteiger partial charge in [0.05, 0.1) is 7.11 Å². The largest absolute Gasteiger partial charge is 0.497 e. The zero-order valence-corrected chi connectivity index (χ0v) is 10.4. The molecular formula is C16H12O3. The maximum atomic E-state index is 11.0. The lowest BCUT2D eigenvalue weighted by Gasteiger charge is -2.04. The standard InChI is InChI=1S/C16H12O3/c1-19-10-6-7-13-11-4-2-3-5-12(11)15(9-16(17)18)14(13)8-10/h2-9H,1H3,(H,17,18)/b15-9+. The molecule has 0 fully saturated rings. The van der Waals surface area contributed by atoms with Crippen molar-refractivity contribution in [2.24, 2.45) is 0 Å². The molecule has 3 rings (SSSR count). The van der Waals surface area contributed by atoms with Crippen molar-refractivity contribution < 1.29 is 14.6 Å². The smallest absolute Gasteiger partial charge is 0.328 e. The van der Waals surface area contributed by atoms with Crippen molar-refractivity contribution >= 4 is 11.5 Å². The molecule has 0 heterocycles. The van der Waals surface area contributed by atoms with Gasteiger partial charge in [0.25, 0.3) is 0 Å². The van der Waals surface area contributed by atoms with Gasteiger partial charge in [-0.15, -0.1) is 0 Å². The molecular weight excluding hydrogens is 240 g/mol. The van der Waals surface area contributed by atoms with Crippen molar-refractivity contribution in [2.45, 2.75) is 0 Å². The third-order valence-corrected chi connectivity index (χ3v) is 3.29. The molecule has 2 aromatic carbocycles. The number of carboxylic acids is 1. The zero-order valence-electron chi connectivity index (χ0n) is 10.4. The van der Waals surface area contributed by atoms with E-state index in [4.69, 9.17) is 9.84 Å². The molecule has 0 amide bonds. The van der Waals surface area contributed by atoms with E-state index in [1.165, 1.54) is 6.08 Å². The van der Waals surface area contributed by atoms with Crippen molar-refractivity contribution in [1.29, 1.82) is 0 Å². The van der Waals surface area contributed by atoms with Gasteiger partial charge < -0.3 is 9.84 Å². The van der Waals surface area contributed by atoms with Crippen molar-refractivity contribution in [1.82, 2.24) is 0 Å². The number of fused-ring (bicyclic) bond motifs is 3. The highest BCUT2D eigenvalue weighted by molar-refractivity contribution is 6.06. The minimum atomic E-state index is -0.944. The second-order valence-electron chi connectivity index (χ2n) is 4.35. The normalized spacial score (nSPS) is 14.1. The first-order chi connectivity index (χ1) is 9.20. The molecule has 94 valence electrons. The van der Waals surface area contributed by atoms with E-state index in [2.05, 4.69) is 0 Å². The lowest BCUT2D eigenvalue weighted by molar-refractivity contribution is -0.131. The van der Waals surface area contributed by atoms with Crippen LogP contribution in [0.5, 0.6) is 5.75 Å². The predicted molar refractivity (Wildman–Crippen MR) is 73.1 cm³/mol. The van der Waals surface area contributed by atoms with Gasteiger partial charge in [-0.25, -0.2) is 4.79 Å². The van der Waals surface area contributed by atoms with Gasteiger partial charge in [-0.1, -0.05) is 30.3 Å². The minimum absolute atomic E-state index is 0.725. The molecule has 0 spiro atoms. The monoisotopic (exact) mass is 252 g/mol. The van der Waals surface area contributed by atoms with Gasteiger partial charge >= 0.3 is 5.97 Å². The number of hydrogen-bond acceptors (Lipinski definition) is 2. The first kappa shape index (κ1) is 11.5. The molecule has 0 unspecified atom stereocenters. The molecule has 3 heteroatoms. The number of carbonyl (C=O) groups is 1. The van der Waals surface area contributed by atoms with Gasteiger partial charge in [0.15, 0.2) is 0 Å². The molecule has 0 bridgehead atoms. The molecule has 19 heavy (non-hydrogen) atoms. The number of methoxy groups -OCH3 is 1. The summed E-state index contributed by atoms with van der Waals surface area (Å²) in [5.41, 5.74) is 4.70. The predicted octanol–water partition coefficient (Wildman–Crippen LogP) is 3.19. The van der Waals surface area contributed by atoms with Crippen LogP contribution in [-0.4, -0.2) is 18.2 Å². The quantitative estimate of drug-likeness (QED) is 0.712. The second kappa shape index (κ2) is 4.28. The first-order valence-corrected chi connectivity index (χ1v) is 5.93. The number of aliphatic carboxylic acids is 1. The van der Waals surface area contributed by atoms with E-state index in [9.17, 15) is 4.79 Å². The van der Waals surface area contributed by atoms with Crippen molar-refractivity contribution in [2.75, 3.05) is 7.11 Å².